The Hall–Kier alpha value is -0.770. The van der Waals surface area contributed by atoms with Gasteiger partial charge in [0.2, 0.25) is 0 Å². The molecule has 1 aliphatic rings. The highest BCUT2D eigenvalue weighted by molar-refractivity contribution is 5.86. The summed E-state index contributed by atoms with van der Waals surface area (Å²) in [5.41, 5.74) is 0. The van der Waals surface area contributed by atoms with Gasteiger partial charge in [-0.05, 0) is 12.3 Å². The predicted octanol–water partition coefficient (Wildman–Crippen LogP) is -0.0149. The molecule has 38 valence electrons. The van der Waals surface area contributed by atoms with E-state index in [1.807, 2.05) is 7.05 Å². The lowest BCUT2D eigenvalue weighted by Crippen LogP contribution is -2.18. The number of nitrogens with one attached hydrogen (secondary N) is 1. The Morgan fingerprint density at radius 1 is 1.71 bits per heavy atom. The maximum absolute atomic E-state index is 3.57. The molecule has 1 rings (SSSR count). The smallest absolute Gasteiger partial charge is 0.190 e. The van der Waals surface area contributed by atoms with Crippen LogP contribution in [0.1, 0.15) is 0 Å². The summed E-state index contributed by atoms with van der Waals surface area (Å²) >= 11 is 0. The summed E-state index contributed by atoms with van der Waals surface area (Å²) in [7, 11) is 1.84. The Bertz CT molecular complexity index is 114. The number of likely N-dealkylation sites (N-methyl/N-ethyl adjacent to an activating group) is 1. The van der Waals surface area contributed by atoms with E-state index in [0.29, 0.717) is 0 Å². The van der Waals surface area contributed by atoms with Crippen LogP contribution >= 0.6 is 0 Å². The number of amidine groups is 1. The molecule has 1 aliphatic heterocycles. The van der Waals surface area contributed by atoms with Crippen molar-refractivity contribution in [3.63, 3.8) is 0 Å². The SMILES string of the molecule is CNCC1=NN=N1. The molecule has 0 radical (unpaired) electrons. The monoisotopic (exact) mass is 98.1 g/mol. The molecule has 0 aliphatic carbocycles. The second-order valence-corrected chi connectivity index (χ2v) is 1.24. The molecule has 7 heavy (non-hydrogen) atoms. The molecule has 0 aromatic carbocycles. The van der Waals surface area contributed by atoms with Gasteiger partial charge in [0.25, 0.3) is 0 Å². The van der Waals surface area contributed by atoms with Crippen LogP contribution in [0.3, 0.4) is 0 Å². The van der Waals surface area contributed by atoms with Gasteiger partial charge in [0.05, 0.1) is 6.54 Å². The zero-order valence-corrected chi connectivity index (χ0v) is 4.05. The Morgan fingerprint density at radius 2 is 2.43 bits per heavy atom. The van der Waals surface area contributed by atoms with Crippen molar-refractivity contribution in [2.45, 2.75) is 0 Å². The Morgan fingerprint density at radius 3 is 2.57 bits per heavy atom. The summed E-state index contributed by atoms with van der Waals surface area (Å²) in [6.07, 6.45) is 0. The van der Waals surface area contributed by atoms with Gasteiger partial charge in [-0.25, -0.2) is 0 Å². The molecule has 0 fully saturated rings. The fourth-order valence-corrected chi connectivity index (χ4v) is 0.337. The van der Waals surface area contributed by atoms with Crippen LogP contribution in [0.2, 0.25) is 0 Å². The molecular weight excluding hydrogens is 92.1 g/mol. The summed E-state index contributed by atoms with van der Waals surface area (Å²) in [5, 5.41) is 13.3. The van der Waals surface area contributed by atoms with Crippen LogP contribution in [0.4, 0.5) is 0 Å². The van der Waals surface area contributed by atoms with Gasteiger partial charge < -0.3 is 5.32 Å². The Kier molecular flexibility index (Phi) is 1.12. The first kappa shape index (κ1) is 4.39. The van der Waals surface area contributed by atoms with E-state index in [2.05, 4.69) is 20.8 Å². The molecular formula is C3H6N4. The van der Waals surface area contributed by atoms with Crippen molar-refractivity contribution < 1.29 is 0 Å². The van der Waals surface area contributed by atoms with Crippen molar-refractivity contribution in [3.05, 3.63) is 0 Å². The van der Waals surface area contributed by atoms with Crippen LogP contribution in [-0.4, -0.2) is 19.4 Å². The van der Waals surface area contributed by atoms with Crippen molar-refractivity contribution in [2.75, 3.05) is 13.6 Å². The van der Waals surface area contributed by atoms with Gasteiger partial charge in [-0.15, -0.1) is 10.2 Å². The standard InChI is InChI=1S/C3H6N4/c1-4-2-3-5-7-6-3/h4H,2H2,1H3. The van der Waals surface area contributed by atoms with E-state index in [-0.39, 0.29) is 0 Å². The first-order valence-electron chi connectivity index (χ1n) is 2.05. The quantitative estimate of drug-likeness (QED) is 0.518. The first-order chi connectivity index (χ1) is 3.43. The second kappa shape index (κ2) is 1.79. The fourth-order valence-electron chi connectivity index (χ4n) is 0.337. The maximum atomic E-state index is 3.57. The molecule has 0 aromatic heterocycles. The van der Waals surface area contributed by atoms with Crippen LogP contribution in [0.25, 0.3) is 0 Å². The summed E-state index contributed by atoms with van der Waals surface area (Å²) in [4.78, 5) is 0. The molecule has 1 heterocycles. The third-order valence-electron chi connectivity index (χ3n) is 0.655. The minimum absolute atomic E-state index is 0.726. The highest BCUT2D eigenvalue weighted by atomic mass is 15.5. The van der Waals surface area contributed by atoms with Gasteiger partial charge >= 0.3 is 0 Å². The third-order valence-corrected chi connectivity index (χ3v) is 0.655. The van der Waals surface area contributed by atoms with Crippen molar-refractivity contribution >= 4 is 5.84 Å². The van der Waals surface area contributed by atoms with E-state index in [0.717, 1.165) is 12.4 Å². The molecule has 0 amide bonds. The van der Waals surface area contributed by atoms with E-state index < -0.39 is 0 Å². The molecule has 0 atom stereocenters. The van der Waals surface area contributed by atoms with Gasteiger partial charge in [-0.3, -0.25) is 0 Å². The first-order valence-corrected chi connectivity index (χ1v) is 2.05. The highest BCUT2D eigenvalue weighted by Gasteiger charge is 1.99. The van der Waals surface area contributed by atoms with Gasteiger partial charge in [-0.1, -0.05) is 0 Å². The lowest BCUT2D eigenvalue weighted by atomic mass is 10.6. The summed E-state index contributed by atoms with van der Waals surface area (Å²) in [6.45, 7) is 0.726. The van der Waals surface area contributed by atoms with Crippen LogP contribution in [-0.2, 0) is 0 Å². The highest BCUT2D eigenvalue weighted by Crippen LogP contribution is 1.93. The molecule has 4 nitrogen and oxygen atoms in total. The topological polar surface area (TPSA) is 49.1 Å². The largest absolute Gasteiger partial charge is 0.313 e. The van der Waals surface area contributed by atoms with E-state index in [9.17, 15) is 0 Å². The van der Waals surface area contributed by atoms with E-state index >= 15 is 0 Å². The summed E-state index contributed by atoms with van der Waals surface area (Å²) in [5.74, 6) is 0.780. The summed E-state index contributed by atoms with van der Waals surface area (Å²) in [6, 6.07) is 0. The third kappa shape index (κ3) is 0.806. The number of hydrogen-bond acceptors (Lipinski definition) is 4. The van der Waals surface area contributed by atoms with E-state index in [4.69, 9.17) is 0 Å². The van der Waals surface area contributed by atoms with Gasteiger partial charge in [0, 0.05) is 0 Å². The van der Waals surface area contributed by atoms with Gasteiger partial charge in [0.15, 0.2) is 5.84 Å². The lowest BCUT2D eigenvalue weighted by Gasteiger charge is -1.98. The molecule has 0 saturated carbocycles. The molecule has 0 aromatic rings. The zero-order chi connectivity index (χ0) is 5.11. The van der Waals surface area contributed by atoms with Crippen molar-refractivity contribution in [2.24, 2.45) is 15.4 Å². The number of hydrogen-bond donors (Lipinski definition) is 1. The van der Waals surface area contributed by atoms with E-state index in [1.54, 1.807) is 0 Å². The average Bonchev–Trinajstić information content (AvgIpc) is 1.55. The average molecular weight is 98.1 g/mol. The van der Waals surface area contributed by atoms with Crippen molar-refractivity contribution in [3.8, 4) is 0 Å². The maximum Gasteiger partial charge on any atom is 0.190 e. The van der Waals surface area contributed by atoms with Crippen LogP contribution < -0.4 is 5.32 Å². The van der Waals surface area contributed by atoms with Crippen LogP contribution in [0.15, 0.2) is 15.4 Å². The van der Waals surface area contributed by atoms with Crippen molar-refractivity contribution in [1.29, 1.82) is 0 Å². The zero-order valence-electron chi connectivity index (χ0n) is 4.05. The van der Waals surface area contributed by atoms with Crippen LogP contribution in [0, 0.1) is 0 Å². The molecule has 4 heteroatoms. The Labute approximate surface area is 41.3 Å². The van der Waals surface area contributed by atoms with Crippen LogP contribution in [0.5, 0.6) is 0 Å². The molecule has 0 saturated heterocycles. The lowest BCUT2D eigenvalue weighted by molar-refractivity contribution is 0.876. The van der Waals surface area contributed by atoms with Gasteiger partial charge in [-0.2, -0.15) is 0 Å². The van der Waals surface area contributed by atoms with Gasteiger partial charge in [0.1, 0.15) is 0 Å². The minimum Gasteiger partial charge on any atom is -0.313 e. The van der Waals surface area contributed by atoms with Crippen molar-refractivity contribution in [1.82, 2.24) is 5.32 Å². The fraction of sp³-hybridized carbons (Fsp3) is 0.667. The number of rotatable bonds is 2. The predicted molar refractivity (Wildman–Crippen MR) is 26.2 cm³/mol. The normalized spacial score (nSPS) is 15.9. The molecule has 1 N–H and O–H groups in total. The minimum atomic E-state index is 0.726. The Balaban J connectivity index is 2.17. The molecule has 0 bridgehead atoms. The van der Waals surface area contributed by atoms with E-state index in [1.165, 1.54) is 0 Å². The summed E-state index contributed by atoms with van der Waals surface area (Å²) < 4.78 is 0. The second-order valence-electron chi connectivity index (χ2n) is 1.24. The molecule has 0 unspecified atom stereocenters. The number of nitrogens with zero attached hydrogens (tertiary/aromatic N) is 3. The molecule has 0 spiro atoms.